The molecule has 1 atom stereocenters. The van der Waals surface area contributed by atoms with Crippen LogP contribution >= 0.6 is 0 Å². The van der Waals surface area contributed by atoms with Crippen molar-refractivity contribution >= 4 is 5.97 Å². The fourth-order valence-corrected chi connectivity index (χ4v) is 1.43. The molecule has 2 heteroatoms. The zero-order valence-electron chi connectivity index (χ0n) is 9.75. The van der Waals surface area contributed by atoms with E-state index in [0.717, 1.165) is 24.7 Å². The lowest BCUT2D eigenvalue weighted by molar-refractivity contribution is -0.137. The highest BCUT2D eigenvalue weighted by molar-refractivity contribution is 5.66. The van der Waals surface area contributed by atoms with Gasteiger partial charge in [0.25, 0.3) is 0 Å². The summed E-state index contributed by atoms with van der Waals surface area (Å²) in [7, 11) is 0. The lowest BCUT2D eigenvalue weighted by atomic mass is 9.92. The minimum absolute atomic E-state index is 0.333. The van der Waals surface area contributed by atoms with Gasteiger partial charge in [0.1, 0.15) is 0 Å². The molecule has 0 bridgehead atoms. The van der Waals surface area contributed by atoms with E-state index in [-0.39, 0.29) is 0 Å². The predicted molar refractivity (Wildman–Crippen MR) is 59.3 cm³/mol. The third kappa shape index (κ3) is 8.09. The van der Waals surface area contributed by atoms with Gasteiger partial charge in [0.05, 0.1) is 0 Å². The molecule has 0 aliphatic rings. The van der Waals surface area contributed by atoms with Gasteiger partial charge in [0.15, 0.2) is 0 Å². The van der Waals surface area contributed by atoms with E-state index in [4.69, 9.17) is 5.11 Å². The van der Waals surface area contributed by atoms with E-state index in [1.54, 1.807) is 0 Å². The Morgan fingerprint density at radius 1 is 1.07 bits per heavy atom. The fraction of sp³-hybridized carbons (Fsp3) is 0.917. The van der Waals surface area contributed by atoms with Crippen LogP contribution < -0.4 is 0 Å². The Labute approximate surface area is 87.7 Å². The van der Waals surface area contributed by atoms with E-state index < -0.39 is 5.97 Å². The van der Waals surface area contributed by atoms with Crippen molar-refractivity contribution in [1.29, 1.82) is 0 Å². The van der Waals surface area contributed by atoms with Gasteiger partial charge in [-0.2, -0.15) is 0 Å². The van der Waals surface area contributed by atoms with Gasteiger partial charge in [-0.05, 0) is 18.3 Å². The van der Waals surface area contributed by atoms with Crippen molar-refractivity contribution in [3.63, 3.8) is 0 Å². The Balaban J connectivity index is 3.17. The lowest BCUT2D eigenvalue weighted by Crippen LogP contribution is -2.03. The second-order valence-electron chi connectivity index (χ2n) is 4.57. The molecule has 1 N–H and O–H groups in total. The average molecular weight is 200 g/mol. The summed E-state index contributed by atoms with van der Waals surface area (Å²) in [5.74, 6) is 0.907. The molecule has 0 aromatic rings. The van der Waals surface area contributed by atoms with Crippen LogP contribution in [0.1, 0.15) is 59.3 Å². The normalized spacial score (nSPS) is 13.1. The maximum absolute atomic E-state index is 10.2. The van der Waals surface area contributed by atoms with E-state index in [9.17, 15) is 4.79 Å². The number of rotatable bonds is 8. The Kier molecular flexibility index (Phi) is 7.54. The molecular formula is C12H24O2. The molecule has 0 aliphatic carbocycles. The Morgan fingerprint density at radius 2 is 1.64 bits per heavy atom. The molecule has 0 aromatic heterocycles. The number of carboxylic acids is 1. The zero-order valence-corrected chi connectivity index (χ0v) is 9.75. The van der Waals surface area contributed by atoms with Crippen LogP contribution in [0.3, 0.4) is 0 Å². The van der Waals surface area contributed by atoms with Gasteiger partial charge in [-0.1, -0.05) is 46.5 Å². The largest absolute Gasteiger partial charge is 0.481 e. The number of hydrogen-bond donors (Lipinski definition) is 1. The number of carbonyl (C=O) groups is 1. The molecule has 0 aliphatic heterocycles. The molecular weight excluding hydrogens is 176 g/mol. The number of hydrogen-bond acceptors (Lipinski definition) is 1. The van der Waals surface area contributed by atoms with Crippen molar-refractivity contribution < 1.29 is 9.90 Å². The van der Waals surface area contributed by atoms with Crippen molar-refractivity contribution in [3.05, 3.63) is 0 Å². The predicted octanol–water partition coefficient (Wildman–Crippen LogP) is 3.70. The molecule has 0 heterocycles. The first-order chi connectivity index (χ1) is 6.54. The highest BCUT2D eigenvalue weighted by Crippen LogP contribution is 2.18. The van der Waals surface area contributed by atoms with Crippen LogP contribution in [0.15, 0.2) is 0 Å². The summed E-state index contributed by atoms with van der Waals surface area (Å²) in [5.41, 5.74) is 0. The Hall–Kier alpha value is -0.530. The minimum Gasteiger partial charge on any atom is -0.481 e. The second kappa shape index (κ2) is 7.84. The molecule has 0 spiro atoms. The van der Waals surface area contributed by atoms with Crippen molar-refractivity contribution in [2.75, 3.05) is 0 Å². The zero-order chi connectivity index (χ0) is 11.0. The summed E-state index contributed by atoms with van der Waals surface area (Å²) in [6.45, 7) is 6.81. The van der Waals surface area contributed by atoms with E-state index >= 15 is 0 Å². The van der Waals surface area contributed by atoms with Crippen LogP contribution in [-0.4, -0.2) is 11.1 Å². The van der Waals surface area contributed by atoms with Crippen LogP contribution in [0.25, 0.3) is 0 Å². The SMILES string of the molecule is CC(C)C(C)CCCCCCC(=O)O. The average Bonchev–Trinajstić information content (AvgIpc) is 2.09. The third-order valence-corrected chi connectivity index (χ3v) is 2.94. The molecule has 0 amide bonds. The standard InChI is InChI=1S/C12H24O2/c1-10(2)11(3)8-6-4-5-7-9-12(13)14/h10-11H,4-9H2,1-3H3,(H,13,14). The molecule has 2 nitrogen and oxygen atoms in total. The fourth-order valence-electron chi connectivity index (χ4n) is 1.43. The van der Waals surface area contributed by atoms with Gasteiger partial charge in [-0.3, -0.25) is 4.79 Å². The van der Waals surface area contributed by atoms with E-state index in [1.165, 1.54) is 19.3 Å². The monoisotopic (exact) mass is 200 g/mol. The Bertz CT molecular complexity index is 152. The molecule has 0 rings (SSSR count). The molecule has 1 unspecified atom stereocenters. The maximum atomic E-state index is 10.2. The minimum atomic E-state index is -0.666. The summed E-state index contributed by atoms with van der Waals surface area (Å²) in [6.07, 6.45) is 5.95. The lowest BCUT2D eigenvalue weighted by Gasteiger charge is -2.14. The smallest absolute Gasteiger partial charge is 0.303 e. The van der Waals surface area contributed by atoms with Gasteiger partial charge < -0.3 is 5.11 Å². The van der Waals surface area contributed by atoms with Crippen LogP contribution in [-0.2, 0) is 4.79 Å². The van der Waals surface area contributed by atoms with Crippen molar-refractivity contribution in [2.45, 2.75) is 59.3 Å². The van der Waals surface area contributed by atoms with Gasteiger partial charge in [-0.15, -0.1) is 0 Å². The topological polar surface area (TPSA) is 37.3 Å². The summed E-state index contributed by atoms with van der Waals surface area (Å²) in [5, 5.41) is 8.43. The highest BCUT2D eigenvalue weighted by atomic mass is 16.4. The molecule has 84 valence electrons. The highest BCUT2D eigenvalue weighted by Gasteiger charge is 2.05. The van der Waals surface area contributed by atoms with Crippen LogP contribution in [0.5, 0.6) is 0 Å². The number of unbranched alkanes of at least 4 members (excludes halogenated alkanes) is 3. The van der Waals surface area contributed by atoms with Crippen LogP contribution in [0.2, 0.25) is 0 Å². The summed E-state index contributed by atoms with van der Waals surface area (Å²) >= 11 is 0. The maximum Gasteiger partial charge on any atom is 0.303 e. The van der Waals surface area contributed by atoms with Crippen LogP contribution in [0.4, 0.5) is 0 Å². The van der Waals surface area contributed by atoms with E-state index in [1.807, 2.05) is 0 Å². The van der Waals surface area contributed by atoms with Crippen LogP contribution in [0, 0.1) is 11.8 Å². The number of aliphatic carboxylic acids is 1. The molecule has 0 saturated carbocycles. The quantitative estimate of drug-likeness (QED) is 0.606. The molecule has 0 saturated heterocycles. The first-order valence-electron chi connectivity index (χ1n) is 5.75. The molecule has 0 radical (unpaired) electrons. The first kappa shape index (κ1) is 13.5. The number of carboxylic acid groups (broad SMARTS) is 1. The first-order valence-corrected chi connectivity index (χ1v) is 5.75. The third-order valence-electron chi connectivity index (χ3n) is 2.94. The van der Waals surface area contributed by atoms with Crippen molar-refractivity contribution in [2.24, 2.45) is 11.8 Å². The summed E-state index contributed by atoms with van der Waals surface area (Å²) < 4.78 is 0. The van der Waals surface area contributed by atoms with Gasteiger partial charge in [0, 0.05) is 6.42 Å². The second-order valence-corrected chi connectivity index (χ2v) is 4.57. The van der Waals surface area contributed by atoms with Gasteiger partial charge in [-0.25, -0.2) is 0 Å². The van der Waals surface area contributed by atoms with E-state index in [2.05, 4.69) is 20.8 Å². The molecule has 0 fully saturated rings. The summed E-state index contributed by atoms with van der Waals surface area (Å²) in [4.78, 5) is 10.2. The van der Waals surface area contributed by atoms with Gasteiger partial charge in [0.2, 0.25) is 0 Å². The molecule has 14 heavy (non-hydrogen) atoms. The van der Waals surface area contributed by atoms with Crippen molar-refractivity contribution in [1.82, 2.24) is 0 Å². The Morgan fingerprint density at radius 3 is 2.14 bits per heavy atom. The molecule has 0 aromatic carbocycles. The summed E-state index contributed by atoms with van der Waals surface area (Å²) in [6, 6.07) is 0. The van der Waals surface area contributed by atoms with Crippen molar-refractivity contribution in [3.8, 4) is 0 Å². The van der Waals surface area contributed by atoms with Gasteiger partial charge >= 0.3 is 5.97 Å². The van der Waals surface area contributed by atoms with E-state index in [0.29, 0.717) is 6.42 Å².